The predicted octanol–water partition coefficient (Wildman–Crippen LogP) is 3.19. The first kappa shape index (κ1) is 12.8. The molecule has 0 unspecified atom stereocenters. The van der Waals surface area contributed by atoms with E-state index in [0.29, 0.717) is 28.9 Å². The molecule has 0 saturated carbocycles. The molecule has 0 fully saturated rings. The van der Waals surface area contributed by atoms with Crippen molar-refractivity contribution in [2.75, 3.05) is 5.73 Å². The summed E-state index contributed by atoms with van der Waals surface area (Å²) >= 11 is 0. The Morgan fingerprint density at radius 2 is 1.82 bits per heavy atom. The number of nitrogens with two attached hydrogens (primary N) is 1. The van der Waals surface area contributed by atoms with Crippen LogP contribution in [0.3, 0.4) is 0 Å². The van der Waals surface area contributed by atoms with Gasteiger partial charge < -0.3 is 5.73 Å². The molecular weight excluding hydrogens is 279 g/mol. The van der Waals surface area contributed by atoms with Gasteiger partial charge in [0.05, 0.1) is 16.6 Å². The molecule has 4 aromatic rings. The van der Waals surface area contributed by atoms with Crippen LogP contribution in [0.4, 0.5) is 10.3 Å². The first-order valence-corrected chi connectivity index (χ1v) is 6.98. The monoisotopic (exact) mass is 292 g/mol. The van der Waals surface area contributed by atoms with E-state index in [1.165, 1.54) is 6.07 Å². The number of imidazole rings is 1. The molecule has 0 atom stereocenters. The van der Waals surface area contributed by atoms with E-state index in [-0.39, 0.29) is 5.82 Å². The van der Waals surface area contributed by atoms with E-state index in [4.69, 9.17) is 5.73 Å². The summed E-state index contributed by atoms with van der Waals surface area (Å²) in [5.41, 5.74) is 8.96. The van der Waals surface area contributed by atoms with Crippen LogP contribution >= 0.6 is 0 Å². The lowest BCUT2D eigenvalue weighted by Gasteiger charge is -2.03. The molecule has 2 heterocycles. The smallest absolute Gasteiger partial charge is 0.206 e. The second-order valence-corrected chi connectivity index (χ2v) is 5.19. The molecule has 0 aliphatic heterocycles. The standard InChI is InChI=1S/C17H13FN4/c18-13-7-4-8-14-15(13)16-20-12(10-22(16)17(19)21-14)9-11-5-2-1-3-6-11/h1-8,10H,9H2,(H2,19,21). The molecule has 22 heavy (non-hydrogen) atoms. The van der Waals surface area contributed by atoms with E-state index < -0.39 is 0 Å². The quantitative estimate of drug-likeness (QED) is 0.617. The number of hydrogen-bond donors (Lipinski definition) is 1. The van der Waals surface area contributed by atoms with Gasteiger partial charge in [-0.25, -0.2) is 14.4 Å². The van der Waals surface area contributed by atoms with E-state index in [9.17, 15) is 4.39 Å². The molecule has 2 aromatic heterocycles. The number of fused-ring (bicyclic) bond motifs is 3. The van der Waals surface area contributed by atoms with Crippen LogP contribution in [0.5, 0.6) is 0 Å². The third kappa shape index (κ3) is 1.98. The van der Waals surface area contributed by atoms with Crippen molar-refractivity contribution in [2.45, 2.75) is 6.42 Å². The number of benzene rings is 2. The normalized spacial score (nSPS) is 11.3. The maximum absolute atomic E-state index is 14.1. The van der Waals surface area contributed by atoms with Crippen LogP contribution in [-0.4, -0.2) is 14.4 Å². The van der Waals surface area contributed by atoms with Gasteiger partial charge in [0.2, 0.25) is 5.95 Å². The van der Waals surface area contributed by atoms with Crippen molar-refractivity contribution < 1.29 is 4.39 Å². The van der Waals surface area contributed by atoms with Gasteiger partial charge >= 0.3 is 0 Å². The predicted molar refractivity (Wildman–Crippen MR) is 84.1 cm³/mol. The zero-order valence-electron chi connectivity index (χ0n) is 11.7. The maximum atomic E-state index is 14.1. The molecule has 4 nitrogen and oxygen atoms in total. The Balaban J connectivity index is 1.93. The molecule has 4 rings (SSSR count). The van der Waals surface area contributed by atoms with Gasteiger partial charge in [-0.1, -0.05) is 36.4 Å². The zero-order chi connectivity index (χ0) is 15.1. The summed E-state index contributed by atoms with van der Waals surface area (Å²) in [6.07, 6.45) is 2.48. The fourth-order valence-corrected chi connectivity index (χ4v) is 2.67. The van der Waals surface area contributed by atoms with Crippen molar-refractivity contribution in [3.05, 3.63) is 71.8 Å². The number of hydrogen-bond acceptors (Lipinski definition) is 3. The van der Waals surface area contributed by atoms with E-state index in [1.54, 1.807) is 16.5 Å². The van der Waals surface area contributed by atoms with Crippen molar-refractivity contribution >= 4 is 22.5 Å². The van der Waals surface area contributed by atoms with Gasteiger partial charge in [-0.05, 0) is 17.7 Å². The second-order valence-electron chi connectivity index (χ2n) is 5.19. The molecule has 0 radical (unpaired) electrons. The fourth-order valence-electron chi connectivity index (χ4n) is 2.67. The summed E-state index contributed by atoms with van der Waals surface area (Å²) < 4.78 is 15.8. The lowest BCUT2D eigenvalue weighted by molar-refractivity contribution is 0.640. The summed E-state index contributed by atoms with van der Waals surface area (Å²) in [6, 6.07) is 14.8. The molecule has 0 amide bonds. The molecule has 0 aliphatic carbocycles. The van der Waals surface area contributed by atoms with Gasteiger partial charge in [0.25, 0.3) is 0 Å². The highest BCUT2D eigenvalue weighted by Crippen LogP contribution is 2.24. The van der Waals surface area contributed by atoms with Crippen molar-refractivity contribution in [3.63, 3.8) is 0 Å². The average molecular weight is 292 g/mol. The topological polar surface area (TPSA) is 56.2 Å². The van der Waals surface area contributed by atoms with Crippen LogP contribution in [0.1, 0.15) is 11.3 Å². The van der Waals surface area contributed by atoms with Crippen LogP contribution in [-0.2, 0) is 6.42 Å². The summed E-state index contributed by atoms with van der Waals surface area (Å²) in [5, 5.41) is 0.399. The summed E-state index contributed by atoms with van der Waals surface area (Å²) in [4.78, 5) is 8.81. The van der Waals surface area contributed by atoms with Gasteiger partial charge in [0.15, 0.2) is 5.65 Å². The minimum absolute atomic E-state index is 0.305. The highest BCUT2D eigenvalue weighted by Gasteiger charge is 2.13. The van der Waals surface area contributed by atoms with Crippen LogP contribution in [0.25, 0.3) is 16.6 Å². The molecule has 0 bridgehead atoms. The van der Waals surface area contributed by atoms with E-state index in [2.05, 4.69) is 9.97 Å². The van der Waals surface area contributed by atoms with Crippen LogP contribution in [0.2, 0.25) is 0 Å². The Morgan fingerprint density at radius 3 is 2.64 bits per heavy atom. The first-order chi connectivity index (χ1) is 10.7. The third-order valence-corrected chi connectivity index (χ3v) is 3.68. The van der Waals surface area contributed by atoms with Crippen LogP contribution in [0, 0.1) is 5.82 Å². The minimum atomic E-state index is -0.341. The van der Waals surface area contributed by atoms with Crippen molar-refractivity contribution in [2.24, 2.45) is 0 Å². The summed E-state index contributed by atoms with van der Waals surface area (Å²) in [6.45, 7) is 0. The second kappa shape index (κ2) is 4.80. The lowest BCUT2D eigenvalue weighted by atomic mass is 10.1. The highest BCUT2D eigenvalue weighted by molar-refractivity contribution is 5.93. The van der Waals surface area contributed by atoms with Gasteiger partial charge in [-0.3, -0.25) is 4.40 Å². The lowest BCUT2D eigenvalue weighted by Crippen LogP contribution is -2.01. The Morgan fingerprint density at radius 1 is 1.00 bits per heavy atom. The fraction of sp³-hybridized carbons (Fsp3) is 0.0588. The van der Waals surface area contributed by atoms with Crippen molar-refractivity contribution in [1.29, 1.82) is 0 Å². The van der Waals surface area contributed by atoms with Crippen molar-refractivity contribution in [1.82, 2.24) is 14.4 Å². The Bertz CT molecular complexity index is 976. The molecule has 108 valence electrons. The molecule has 2 aromatic carbocycles. The Hall–Kier alpha value is -2.95. The number of anilines is 1. The highest BCUT2D eigenvalue weighted by atomic mass is 19.1. The van der Waals surface area contributed by atoms with Crippen LogP contribution < -0.4 is 5.73 Å². The number of rotatable bonds is 2. The SMILES string of the molecule is Nc1nc2cccc(F)c2c2nc(Cc3ccccc3)cn12. The molecule has 0 saturated heterocycles. The number of nitrogen functional groups attached to an aromatic ring is 1. The summed E-state index contributed by atoms with van der Waals surface area (Å²) in [5.74, 6) is -0.0354. The van der Waals surface area contributed by atoms with Gasteiger partial charge in [0, 0.05) is 12.6 Å². The van der Waals surface area contributed by atoms with Crippen LogP contribution in [0.15, 0.2) is 54.7 Å². The number of aromatic nitrogens is 3. The van der Waals surface area contributed by atoms with Gasteiger partial charge in [-0.15, -0.1) is 0 Å². The Labute approximate surface area is 126 Å². The van der Waals surface area contributed by atoms with Gasteiger partial charge in [0.1, 0.15) is 5.82 Å². The molecule has 5 heteroatoms. The molecular formula is C17H13FN4. The van der Waals surface area contributed by atoms with Gasteiger partial charge in [-0.2, -0.15) is 0 Å². The number of nitrogens with zero attached hydrogens (tertiary/aromatic N) is 3. The molecule has 0 aliphatic rings. The minimum Gasteiger partial charge on any atom is -0.369 e. The summed E-state index contributed by atoms with van der Waals surface area (Å²) in [7, 11) is 0. The largest absolute Gasteiger partial charge is 0.369 e. The maximum Gasteiger partial charge on any atom is 0.206 e. The molecule has 0 spiro atoms. The zero-order valence-corrected chi connectivity index (χ0v) is 11.7. The van der Waals surface area contributed by atoms with Crippen molar-refractivity contribution in [3.8, 4) is 0 Å². The van der Waals surface area contributed by atoms with E-state index >= 15 is 0 Å². The number of halogens is 1. The van der Waals surface area contributed by atoms with E-state index in [0.717, 1.165) is 11.3 Å². The Kier molecular flexibility index (Phi) is 2.79. The average Bonchev–Trinajstić information content (AvgIpc) is 2.92. The third-order valence-electron chi connectivity index (χ3n) is 3.68. The van der Waals surface area contributed by atoms with E-state index in [1.807, 2.05) is 36.5 Å². The molecule has 2 N–H and O–H groups in total. The first-order valence-electron chi connectivity index (χ1n) is 6.98.